The molecule has 2 N–H and O–H groups in total. The van der Waals surface area contributed by atoms with Crippen LogP contribution in [0, 0.1) is 5.82 Å². The summed E-state index contributed by atoms with van der Waals surface area (Å²) in [7, 11) is 0. The Morgan fingerprint density at radius 2 is 1.50 bits per heavy atom. The van der Waals surface area contributed by atoms with Crippen LogP contribution in [0.3, 0.4) is 0 Å². The highest BCUT2D eigenvalue weighted by atomic mass is 79.9. The molecule has 0 aliphatic heterocycles. The van der Waals surface area contributed by atoms with E-state index in [0.29, 0.717) is 5.56 Å². The minimum absolute atomic E-state index is 0.209. The number of hydrogen-bond acceptors (Lipinski definition) is 1. The van der Waals surface area contributed by atoms with E-state index in [9.17, 15) is 17.6 Å². The highest BCUT2D eigenvalue weighted by Gasteiger charge is 2.34. The molecule has 0 saturated carbocycles. The van der Waals surface area contributed by atoms with Crippen molar-refractivity contribution in [1.29, 1.82) is 0 Å². The van der Waals surface area contributed by atoms with Gasteiger partial charge in [-0.1, -0.05) is 34.1 Å². The third-order valence-corrected chi connectivity index (χ3v) is 3.41. The summed E-state index contributed by atoms with van der Waals surface area (Å²) in [4.78, 5) is 0. The third-order valence-electron chi connectivity index (χ3n) is 2.88. The molecular formula is C14H10BrF4N. The van der Waals surface area contributed by atoms with Crippen LogP contribution in [-0.4, -0.2) is 0 Å². The molecule has 1 atom stereocenters. The van der Waals surface area contributed by atoms with E-state index in [1.807, 2.05) is 0 Å². The molecule has 106 valence electrons. The smallest absolute Gasteiger partial charge is 0.320 e. The maximum Gasteiger partial charge on any atom is 0.419 e. The van der Waals surface area contributed by atoms with Gasteiger partial charge >= 0.3 is 6.18 Å². The van der Waals surface area contributed by atoms with E-state index in [4.69, 9.17) is 5.73 Å². The number of alkyl halides is 3. The average Bonchev–Trinajstić information content (AvgIpc) is 2.38. The largest absolute Gasteiger partial charge is 0.419 e. The fourth-order valence-electron chi connectivity index (χ4n) is 1.82. The SMILES string of the molecule is NC(c1ccc(Br)cc1)c1ccc(F)c(C(F)(F)F)c1. The van der Waals surface area contributed by atoms with Crippen molar-refractivity contribution < 1.29 is 17.6 Å². The van der Waals surface area contributed by atoms with Crippen LogP contribution in [0.2, 0.25) is 0 Å². The number of nitrogens with two attached hydrogens (primary N) is 1. The van der Waals surface area contributed by atoms with Gasteiger partial charge in [0.2, 0.25) is 0 Å². The summed E-state index contributed by atoms with van der Waals surface area (Å²) < 4.78 is 52.0. The van der Waals surface area contributed by atoms with Crippen molar-refractivity contribution in [2.24, 2.45) is 5.73 Å². The zero-order valence-electron chi connectivity index (χ0n) is 10.1. The van der Waals surface area contributed by atoms with Crippen molar-refractivity contribution in [3.05, 3.63) is 69.4 Å². The Kier molecular flexibility index (Phi) is 4.15. The molecule has 0 aliphatic carbocycles. The molecule has 2 aromatic rings. The lowest BCUT2D eigenvalue weighted by Gasteiger charge is -2.15. The zero-order chi connectivity index (χ0) is 14.9. The molecule has 0 spiro atoms. The van der Waals surface area contributed by atoms with Gasteiger partial charge in [-0.2, -0.15) is 13.2 Å². The Labute approximate surface area is 121 Å². The fraction of sp³-hybridized carbons (Fsp3) is 0.143. The topological polar surface area (TPSA) is 26.0 Å². The maximum absolute atomic E-state index is 13.2. The van der Waals surface area contributed by atoms with E-state index in [1.165, 1.54) is 6.07 Å². The summed E-state index contributed by atoms with van der Waals surface area (Å²) in [6.45, 7) is 0. The highest BCUT2D eigenvalue weighted by molar-refractivity contribution is 9.10. The van der Waals surface area contributed by atoms with Crippen LogP contribution in [0.1, 0.15) is 22.7 Å². The standard InChI is InChI=1S/C14H10BrF4N/c15-10-4-1-8(2-5-10)13(20)9-3-6-12(16)11(7-9)14(17,18)19/h1-7,13H,20H2. The minimum Gasteiger partial charge on any atom is -0.320 e. The van der Waals surface area contributed by atoms with Gasteiger partial charge in [-0.15, -0.1) is 0 Å². The Balaban J connectivity index is 2.40. The molecule has 0 bridgehead atoms. The number of hydrogen-bond donors (Lipinski definition) is 1. The summed E-state index contributed by atoms with van der Waals surface area (Å²) in [6, 6.07) is 8.93. The molecule has 0 radical (unpaired) electrons. The van der Waals surface area contributed by atoms with Crippen molar-refractivity contribution in [1.82, 2.24) is 0 Å². The summed E-state index contributed by atoms with van der Waals surface area (Å²) in [6.07, 6.45) is -4.74. The summed E-state index contributed by atoms with van der Waals surface area (Å²) in [5, 5.41) is 0. The van der Waals surface area contributed by atoms with Crippen molar-refractivity contribution in [3.63, 3.8) is 0 Å². The maximum atomic E-state index is 13.2. The summed E-state index contributed by atoms with van der Waals surface area (Å²) in [5.41, 5.74) is 5.48. The van der Waals surface area contributed by atoms with Gasteiger partial charge < -0.3 is 5.73 Å². The molecule has 0 aromatic heterocycles. The highest BCUT2D eigenvalue weighted by Crippen LogP contribution is 2.33. The lowest BCUT2D eigenvalue weighted by Crippen LogP contribution is -2.15. The van der Waals surface area contributed by atoms with Crippen LogP contribution in [0.5, 0.6) is 0 Å². The molecular weight excluding hydrogens is 338 g/mol. The van der Waals surface area contributed by atoms with Gasteiger partial charge in [0.05, 0.1) is 11.6 Å². The first-order chi connectivity index (χ1) is 9.29. The molecule has 6 heteroatoms. The number of rotatable bonds is 2. The van der Waals surface area contributed by atoms with E-state index in [2.05, 4.69) is 15.9 Å². The predicted molar refractivity (Wildman–Crippen MR) is 71.6 cm³/mol. The van der Waals surface area contributed by atoms with Gasteiger partial charge in [-0.25, -0.2) is 4.39 Å². The molecule has 0 aliphatic rings. The van der Waals surface area contributed by atoms with E-state index in [1.54, 1.807) is 24.3 Å². The molecule has 0 amide bonds. The number of halogens is 5. The molecule has 1 nitrogen and oxygen atoms in total. The normalized spacial score (nSPS) is 13.3. The van der Waals surface area contributed by atoms with Crippen LogP contribution < -0.4 is 5.73 Å². The van der Waals surface area contributed by atoms with Gasteiger partial charge in [0.15, 0.2) is 0 Å². The van der Waals surface area contributed by atoms with Crippen molar-refractivity contribution >= 4 is 15.9 Å². The summed E-state index contributed by atoms with van der Waals surface area (Å²) >= 11 is 3.26. The quantitative estimate of drug-likeness (QED) is 0.786. The lowest BCUT2D eigenvalue weighted by atomic mass is 9.97. The van der Waals surface area contributed by atoms with E-state index in [0.717, 1.165) is 16.6 Å². The lowest BCUT2D eigenvalue weighted by molar-refractivity contribution is -0.140. The molecule has 1 unspecified atom stereocenters. The Morgan fingerprint density at radius 1 is 0.950 bits per heavy atom. The second-order valence-electron chi connectivity index (χ2n) is 4.27. The Morgan fingerprint density at radius 3 is 2.05 bits per heavy atom. The van der Waals surface area contributed by atoms with Gasteiger partial charge in [-0.3, -0.25) is 0 Å². The van der Waals surface area contributed by atoms with Crippen LogP contribution in [0.15, 0.2) is 46.9 Å². The van der Waals surface area contributed by atoms with E-state index < -0.39 is 23.6 Å². The van der Waals surface area contributed by atoms with Crippen LogP contribution in [0.4, 0.5) is 17.6 Å². The monoisotopic (exact) mass is 347 g/mol. The van der Waals surface area contributed by atoms with E-state index >= 15 is 0 Å². The van der Waals surface area contributed by atoms with Crippen molar-refractivity contribution in [3.8, 4) is 0 Å². The fourth-order valence-corrected chi connectivity index (χ4v) is 2.08. The van der Waals surface area contributed by atoms with Crippen LogP contribution in [0.25, 0.3) is 0 Å². The first-order valence-corrected chi connectivity index (χ1v) is 6.46. The molecule has 20 heavy (non-hydrogen) atoms. The van der Waals surface area contributed by atoms with Crippen molar-refractivity contribution in [2.75, 3.05) is 0 Å². The average molecular weight is 348 g/mol. The molecule has 2 rings (SSSR count). The number of benzene rings is 2. The Bertz CT molecular complexity index is 608. The van der Waals surface area contributed by atoms with Gasteiger partial charge in [0.25, 0.3) is 0 Å². The second-order valence-corrected chi connectivity index (χ2v) is 5.18. The molecule has 0 saturated heterocycles. The predicted octanol–water partition coefficient (Wildman–Crippen LogP) is 4.66. The van der Waals surface area contributed by atoms with Crippen LogP contribution in [-0.2, 0) is 6.18 Å². The van der Waals surface area contributed by atoms with Crippen molar-refractivity contribution in [2.45, 2.75) is 12.2 Å². The van der Waals surface area contributed by atoms with Gasteiger partial charge in [0, 0.05) is 4.47 Å². The Hall–Kier alpha value is -1.40. The molecule has 0 heterocycles. The van der Waals surface area contributed by atoms with E-state index in [-0.39, 0.29) is 5.56 Å². The van der Waals surface area contributed by atoms with Crippen LogP contribution >= 0.6 is 15.9 Å². The van der Waals surface area contributed by atoms with Gasteiger partial charge in [0.1, 0.15) is 5.82 Å². The second kappa shape index (κ2) is 5.54. The molecule has 0 fully saturated rings. The summed E-state index contributed by atoms with van der Waals surface area (Å²) in [5.74, 6) is -1.30. The first-order valence-electron chi connectivity index (χ1n) is 5.66. The third kappa shape index (κ3) is 3.19. The minimum atomic E-state index is -4.74. The molecule has 2 aromatic carbocycles. The first kappa shape index (κ1) is 15.0. The zero-order valence-corrected chi connectivity index (χ0v) is 11.7. The van der Waals surface area contributed by atoms with Gasteiger partial charge in [-0.05, 0) is 35.4 Å².